The first-order valence-corrected chi connectivity index (χ1v) is 10.5. The molecule has 2 saturated heterocycles. The Bertz CT molecular complexity index is 857. The Balaban J connectivity index is 1.50. The second kappa shape index (κ2) is 7.70. The van der Waals surface area contributed by atoms with Gasteiger partial charge in [-0.15, -0.1) is 0 Å². The minimum absolute atomic E-state index is 0.0125. The molecule has 1 aromatic heterocycles. The third-order valence-corrected chi connectivity index (χ3v) is 6.63. The lowest BCUT2D eigenvalue weighted by Gasteiger charge is -2.47. The van der Waals surface area contributed by atoms with Crippen molar-refractivity contribution >= 4 is 5.91 Å². The van der Waals surface area contributed by atoms with Gasteiger partial charge in [-0.1, -0.05) is 30.2 Å². The third-order valence-electron chi connectivity index (χ3n) is 6.63. The number of carbonyl (C=O) groups is 1. The van der Waals surface area contributed by atoms with Gasteiger partial charge in [-0.2, -0.15) is 5.10 Å². The molecule has 2 aromatic rings. The molecule has 1 unspecified atom stereocenters. The molecule has 0 radical (unpaired) electrons. The van der Waals surface area contributed by atoms with E-state index in [-0.39, 0.29) is 11.9 Å². The number of benzene rings is 1. The summed E-state index contributed by atoms with van der Waals surface area (Å²) in [6.07, 6.45) is 5.94. The van der Waals surface area contributed by atoms with Gasteiger partial charge in [0, 0.05) is 18.1 Å². The molecule has 0 spiro atoms. The van der Waals surface area contributed by atoms with Gasteiger partial charge in [0.1, 0.15) is 5.69 Å². The van der Waals surface area contributed by atoms with E-state index in [0.29, 0.717) is 24.3 Å². The Morgan fingerprint density at radius 2 is 1.86 bits per heavy atom. The number of aryl methyl sites for hydroxylation is 3. The van der Waals surface area contributed by atoms with Gasteiger partial charge in [0.2, 0.25) is 0 Å². The molecule has 4 rings (SSSR count). The molecule has 3 heterocycles. The lowest BCUT2D eigenvalue weighted by atomic mass is 9.82. The summed E-state index contributed by atoms with van der Waals surface area (Å²) in [5.41, 5.74) is 5.23. The van der Waals surface area contributed by atoms with Crippen molar-refractivity contribution in [3.63, 3.8) is 0 Å². The Hall–Kier alpha value is -2.14. The zero-order valence-electron chi connectivity index (χ0n) is 17.5. The Morgan fingerprint density at radius 1 is 1.14 bits per heavy atom. The van der Waals surface area contributed by atoms with Gasteiger partial charge >= 0.3 is 0 Å². The fraction of sp³-hybridized carbons (Fsp3) is 0.565. The fourth-order valence-corrected chi connectivity index (χ4v) is 4.97. The number of rotatable bonds is 4. The highest BCUT2D eigenvalue weighted by molar-refractivity contribution is 5.93. The zero-order chi connectivity index (χ0) is 19.8. The van der Waals surface area contributed by atoms with E-state index < -0.39 is 0 Å². The summed E-state index contributed by atoms with van der Waals surface area (Å²) < 4.78 is 1.86. The first-order chi connectivity index (χ1) is 13.4. The molecule has 1 amide bonds. The van der Waals surface area contributed by atoms with Crippen molar-refractivity contribution in [2.45, 2.75) is 77.5 Å². The number of hydrogen-bond donors (Lipinski definition) is 1. The Labute approximate surface area is 168 Å². The largest absolute Gasteiger partial charge is 0.348 e. The molecule has 28 heavy (non-hydrogen) atoms. The number of carbonyl (C=O) groups excluding carboxylic acids is 1. The minimum Gasteiger partial charge on any atom is -0.348 e. The minimum atomic E-state index is 0.0125. The molecule has 5 nitrogen and oxygen atoms in total. The molecule has 1 N–H and O–H groups in total. The van der Waals surface area contributed by atoms with Crippen molar-refractivity contribution in [2.75, 3.05) is 7.05 Å². The highest BCUT2D eigenvalue weighted by Gasteiger charge is 2.36. The van der Waals surface area contributed by atoms with E-state index in [2.05, 4.69) is 54.4 Å². The lowest BCUT2D eigenvalue weighted by molar-refractivity contribution is 0.0461. The molecule has 0 aliphatic carbocycles. The number of piperidine rings is 2. The maximum Gasteiger partial charge on any atom is 0.269 e. The van der Waals surface area contributed by atoms with Gasteiger partial charge in [0.05, 0.1) is 12.2 Å². The number of fused-ring (bicyclic) bond motifs is 2. The van der Waals surface area contributed by atoms with Crippen LogP contribution in [0.3, 0.4) is 0 Å². The summed E-state index contributed by atoms with van der Waals surface area (Å²) in [5.74, 6) is 0.0125. The van der Waals surface area contributed by atoms with E-state index in [4.69, 9.17) is 0 Å². The molecule has 2 aliphatic rings. The summed E-state index contributed by atoms with van der Waals surface area (Å²) in [6.45, 7) is 6.79. The normalized spacial score (nSPS) is 24.9. The average Bonchev–Trinajstić information content (AvgIpc) is 2.99. The molecule has 5 heteroatoms. The van der Waals surface area contributed by atoms with Crippen LogP contribution in [-0.4, -0.2) is 45.8 Å². The summed E-state index contributed by atoms with van der Waals surface area (Å²) in [7, 11) is 2.25. The predicted molar refractivity (Wildman–Crippen MR) is 112 cm³/mol. The smallest absolute Gasteiger partial charge is 0.269 e. The summed E-state index contributed by atoms with van der Waals surface area (Å²) in [6, 6.07) is 9.85. The number of hydrogen-bond acceptors (Lipinski definition) is 3. The van der Waals surface area contributed by atoms with Gasteiger partial charge in [-0.3, -0.25) is 9.48 Å². The van der Waals surface area contributed by atoms with E-state index in [0.717, 1.165) is 18.5 Å². The maximum atomic E-state index is 13.1. The van der Waals surface area contributed by atoms with E-state index in [1.807, 2.05) is 17.7 Å². The van der Waals surface area contributed by atoms with Crippen LogP contribution in [0.2, 0.25) is 0 Å². The number of aromatic nitrogens is 2. The number of nitrogens with one attached hydrogen (secondary N) is 1. The highest BCUT2D eigenvalue weighted by Crippen LogP contribution is 2.32. The number of amides is 1. The summed E-state index contributed by atoms with van der Waals surface area (Å²) in [5, 5.41) is 7.93. The van der Waals surface area contributed by atoms with Crippen LogP contribution >= 0.6 is 0 Å². The summed E-state index contributed by atoms with van der Waals surface area (Å²) in [4.78, 5) is 15.6. The van der Waals surface area contributed by atoms with Crippen molar-refractivity contribution in [3.05, 3.63) is 52.3 Å². The van der Waals surface area contributed by atoms with Crippen LogP contribution in [0.15, 0.2) is 24.3 Å². The third kappa shape index (κ3) is 3.86. The molecule has 0 saturated carbocycles. The molecule has 2 bridgehead atoms. The molecule has 1 aromatic carbocycles. The predicted octanol–water partition coefficient (Wildman–Crippen LogP) is 3.60. The molecule has 2 aliphatic heterocycles. The molecular weight excluding hydrogens is 348 g/mol. The van der Waals surface area contributed by atoms with Crippen LogP contribution in [0.1, 0.15) is 65.0 Å². The van der Waals surface area contributed by atoms with Gasteiger partial charge in [0.25, 0.3) is 5.91 Å². The fourth-order valence-electron chi connectivity index (χ4n) is 4.97. The van der Waals surface area contributed by atoms with Crippen LogP contribution in [0.5, 0.6) is 0 Å². The Kier molecular flexibility index (Phi) is 5.28. The van der Waals surface area contributed by atoms with Gasteiger partial charge in [-0.25, -0.2) is 0 Å². The highest BCUT2D eigenvalue weighted by atomic mass is 16.2. The molecule has 3 atom stereocenters. The summed E-state index contributed by atoms with van der Waals surface area (Å²) >= 11 is 0. The average molecular weight is 381 g/mol. The lowest BCUT2D eigenvalue weighted by Crippen LogP contribution is -2.55. The standard InChI is InChI=1S/C23H32N4O/c1-15-8-9-16(2)18(10-15)14-27-22(11-17(3)25-27)23(28)24-19-12-20-6-5-7-21(13-19)26(20)4/h8-11,19-21H,5-7,12-14H2,1-4H3,(H,24,28)/t19?,20-,21+. The van der Waals surface area contributed by atoms with Crippen LogP contribution in [0.25, 0.3) is 0 Å². The first-order valence-electron chi connectivity index (χ1n) is 10.5. The van der Waals surface area contributed by atoms with Crippen molar-refractivity contribution in [1.29, 1.82) is 0 Å². The molecule has 2 fully saturated rings. The molecule has 150 valence electrons. The van der Waals surface area contributed by atoms with E-state index in [1.54, 1.807) is 0 Å². The van der Waals surface area contributed by atoms with E-state index >= 15 is 0 Å². The van der Waals surface area contributed by atoms with E-state index in [1.165, 1.54) is 36.0 Å². The molecular formula is C23H32N4O. The van der Waals surface area contributed by atoms with Crippen LogP contribution in [-0.2, 0) is 6.54 Å². The zero-order valence-corrected chi connectivity index (χ0v) is 17.5. The van der Waals surface area contributed by atoms with Gasteiger partial charge in [0.15, 0.2) is 0 Å². The first kappa shape index (κ1) is 19.2. The second-order valence-corrected chi connectivity index (χ2v) is 8.80. The van der Waals surface area contributed by atoms with Crippen LogP contribution < -0.4 is 5.32 Å². The van der Waals surface area contributed by atoms with Gasteiger partial charge < -0.3 is 10.2 Å². The topological polar surface area (TPSA) is 50.2 Å². The monoisotopic (exact) mass is 380 g/mol. The van der Waals surface area contributed by atoms with Gasteiger partial charge in [-0.05, 0) is 70.7 Å². The Morgan fingerprint density at radius 3 is 2.57 bits per heavy atom. The number of nitrogens with zero attached hydrogens (tertiary/aromatic N) is 3. The second-order valence-electron chi connectivity index (χ2n) is 8.80. The SMILES string of the molecule is Cc1ccc(C)c(Cn2nc(C)cc2C(=O)NC2C[C@H]3CCC[C@@H](C2)N3C)c1. The van der Waals surface area contributed by atoms with Crippen molar-refractivity contribution in [1.82, 2.24) is 20.0 Å². The quantitative estimate of drug-likeness (QED) is 0.882. The maximum absolute atomic E-state index is 13.1. The van der Waals surface area contributed by atoms with Crippen molar-refractivity contribution in [2.24, 2.45) is 0 Å². The van der Waals surface area contributed by atoms with Crippen LogP contribution in [0.4, 0.5) is 0 Å². The van der Waals surface area contributed by atoms with Crippen LogP contribution in [0, 0.1) is 20.8 Å². The van der Waals surface area contributed by atoms with Crippen molar-refractivity contribution < 1.29 is 4.79 Å². The van der Waals surface area contributed by atoms with E-state index in [9.17, 15) is 4.79 Å². The van der Waals surface area contributed by atoms with Crippen molar-refractivity contribution in [3.8, 4) is 0 Å².